The van der Waals surface area contributed by atoms with Gasteiger partial charge in [0.25, 0.3) is 0 Å². The van der Waals surface area contributed by atoms with E-state index in [1.165, 1.54) is 0 Å². The Morgan fingerprint density at radius 2 is 1.61 bits per heavy atom. The first-order valence-corrected chi connectivity index (χ1v) is 6.44. The summed E-state index contributed by atoms with van der Waals surface area (Å²) in [6, 6.07) is -0.972. The first-order chi connectivity index (χ1) is 8.16. The van der Waals surface area contributed by atoms with Gasteiger partial charge in [0.1, 0.15) is 0 Å². The fourth-order valence-electron chi connectivity index (χ4n) is 1.60. The van der Waals surface area contributed by atoms with E-state index in [4.69, 9.17) is 10.8 Å². The maximum atomic E-state index is 11.9. The number of nitrogens with two attached hydrogens (primary N) is 1. The Hall–Kier alpha value is -1.10. The number of carboxylic acid groups (broad SMARTS) is 1. The van der Waals surface area contributed by atoms with Crippen molar-refractivity contribution in [3.63, 3.8) is 0 Å². The summed E-state index contributed by atoms with van der Waals surface area (Å²) in [6.45, 7) is 9.69. The Bertz CT molecular complexity index is 290. The first-order valence-electron chi connectivity index (χ1n) is 6.44. The average molecular weight is 258 g/mol. The van der Waals surface area contributed by atoms with E-state index in [1.807, 2.05) is 34.6 Å². The van der Waals surface area contributed by atoms with E-state index < -0.39 is 12.0 Å². The number of aliphatic carboxylic acids is 1. The molecule has 1 amide bonds. The quantitative estimate of drug-likeness (QED) is 0.640. The van der Waals surface area contributed by atoms with Gasteiger partial charge in [0.05, 0.1) is 12.5 Å². The van der Waals surface area contributed by atoms with E-state index in [9.17, 15) is 9.59 Å². The van der Waals surface area contributed by atoms with Crippen LogP contribution in [0.4, 0.5) is 0 Å². The maximum Gasteiger partial charge on any atom is 0.305 e. The van der Waals surface area contributed by atoms with Crippen molar-refractivity contribution in [3.8, 4) is 0 Å². The minimum Gasteiger partial charge on any atom is -0.481 e. The molecule has 5 heteroatoms. The van der Waals surface area contributed by atoms with Crippen molar-refractivity contribution >= 4 is 11.9 Å². The Labute approximate surface area is 109 Å². The zero-order chi connectivity index (χ0) is 14.5. The lowest BCUT2D eigenvalue weighted by Crippen LogP contribution is -2.50. The van der Waals surface area contributed by atoms with Crippen LogP contribution in [0.5, 0.6) is 0 Å². The van der Waals surface area contributed by atoms with Crippen LogP contribution in [0.15, 0.2) is 0 Å². The van der Waals surface area contributed by atoms with Crippen LogP contribution in [0.25, 0.3) is 0 Å². The molecule has 0 saturated carbocycles. The Balaban J connectivity index is 4.68. The van der Waals surface area contributed by atoms with Gasteiger partial charge in [0.2, 0.25) is 5.91 Å². The molecule has 0 saturated heterocycles. The molecule has 0 bridgehead atoms. The van der Waals surface area contributed by atoms with Crippen molar-refractivity contribution in [2.24, 2.45) is 23.5 Å². The molecule has 3 atom stereocenters. The van der Waals surface area contributed by atoms with Crippen molar-refractivity contribution in [1.82, 2.24) is 5.32 Å². The number of hydrogen-bond donors (Lipinski definition) is 3. The Morgan fingerprint density at radius 1 is 1.11 bits per heavy atom. The highest BCUT2D eigenvalue weighted by molar-refractivity contribution is 5.82. The van der Waals surface area contributed by atoms with Crippen LogP contribution in [0, 0.1) is 17.8 Å². The van der Waals surface area contributed by atoms with Crippen LogP contribution in [0.1, 0.15) is 41.0 Å². The van der Waals surface area contributed by atoms with Crippen LogP contribution < -0.4 is 11.1 Å². The number of amides is 1. The molecule has 0 aliphatic heterocycles. The number of carbonyl (C=O) groups excluding carboxylic acids is 1. The van der Waals surface area contributed by atoms with Gasteiger partial charge in [-0.1, -0.05) is 34.6 Å². The molecule has 5 nitrogen and oxygen atoms in total. The lowest BCUT2D eigenvalue weighted by atomic mass is 9.88. The first kappa shape index (κ1) is 16.9. The van der Waals surface area contributed by atoms with Gasteiger partial charge in [0, 0.05) is 6.04 Å². The molecule has 4 N–H and O–H groups in total. The number of rotatable bonds is 7. The topological polar surface area (TPSA) is 92.4 Å². The van der Waals surface area contributed by atoms with E-state index >= 15 is 0 Å². The van der Waals surface area contributed by atoms with Gasteiger partial charge in [-0.25, -0.2) is 0 Å². The summed E-state index contributed by atoms with van der Waals surface area (Å²) in [7, 11) is 0. The fraction of sp³-hybridized carbons (Fsp3) is 0.846. The highest BCUT2D eigenvalue weighted by Crippen LogP contribution is 2.17. The summed E-state index contributed by atoms with van der Waals surface area (Å²) < 4.78 is 0. The van der Waals surface area contributed by atoms with Gasteiger partial charge in [-0.15, -0.1) is 0 Å². The van der Waals surface area contributed by atoms with Crippen LogP contribution in [-0.2, 0) is 9.59 Å². The van der Waals surface area contributed by atoms with Gasteiger partial charge in [-0.05, 0) is 17.8 Å². The normalized spacial score (nSPS) is 16.4. The third-order valence-corrected chi connectivity index (χ3v) is 3.43. The smallest absolute Gasteiger partial charge is 0.305 e. The van der Waals surface area contributed by atoms with Crippen molar-refractivity contribution in [2.45, 2.75) is 53.1 Å². The molecule has 0 fully saturated rings. The van der Waals surface area contributed by atoms with Gasteiger partial charge in [-0.2, -0.15) is 0 Å². The molecular weight excluding hydrogens is 232 g/mol. The van der Waals surface area contributed by atoms with Gasteiger partial charge in [-0.3, -0.25) is 9.59 Å². The predicted octanol–water partition coefficient (Wildman–Crippen LogP) is 1.22. The Kier molecular flexibility index (Phi) is 6.91. The van der Waals surface area contributed by atoms with E-state index in [0.717, 1.165) is 0 Å². The molecule has 0 heterocycles. The zero-order valence-electron chi connectivity index (χ0n) is 11.9. The number of hydrogen-bond acceptors (Lipinski definition) is 3. The van der Waals surface area contributed by atoms with Gasteiger partial charge >= 0.3 is 5.97 Å². The standard InChI is InChI=1S/C13H26N2O3/c1-7(2)9(5)10(6-11(16)17)15-13(18)12(14)8(3)4/h7-10,12H,6,14H2,1-5H3,(H,15,18)(H,16,17). The highest BCUT2D eigenvalue weighted by atomic mass is 16.4. The van der Waals surface area contributed by atoms with E-state index in [1.54, 1.807) is 0 Å². The van der Waals surface area contributed by atoms with E-state index in [0.29, 0.717) is 5.92 Å². The molecule has 0 aromatic carbocycles. The number of nitrogens with one attached hydrogen (secondary N) is 1. The van der Waals surface area contributed by atoms with E-state index in [-0.39, 0.29) is 30.2 Å². The zero-order valence-corrected chi connectivity index (χ0v) is 11.9. The molecular formula is C13H26N2O3. The minimum atomic E-state index is -0.911. The molecule has 0 rings (SSSR count). The molecule has 3 unspecified atom stereocenters. The van der Waals surface area contributed by atoms with Crippen molar-refractivity contribution in [3.05, 3.63) is 0 Å². The van der Waals surface area contributed by atoms with Crippen LogP contribution >= 0.6 is 0 Å². The summed E-state index contributed by atoms with van der Waals surface area (Å²) in [5, 5.41) is 11.7. The maximum absolute atomic E-state index is 11.9. The van der Waals surface area contributed by atoms with Gasteiger partial charge in [0.15, 0.2) is 0 Å². The largest absolute Gasteiger partial charge is 0.481 e. The molecule has 18 heavy (non-hydrogen) atoms. The number of carboxylic acids is 1. The summed E-state index contributed by atoms with van der Waals surface area (Å²) in [5.74, 6) is -0.770. The van der Waals surface area contributed by atoms with Crippen molar-refractivity contribution in [2.75, 3.05) is 0 Å². The van der Waals surface area contributed by atoms with Gasteiger partial charge < -0.3 is 16.2 Å². The van der Waals surface area contributed by atoms with Crippen LogP contribution in [-0.4, -0.2) is 29.1 Å². The highest BCUT2D eigenvalue weighted by Gasteiger charge is 2.27. The molecule has 0 spiro atoms. The molecule has 106 valence electrons. The summed E-state index contributed by atoms with van der Waals surface area (Å²) in [6.07, 6.45) is -0.0735. The fourth-order valence-corrected chi connectivity index (χ4v) is 1.60. The molecule has 0 aromatic heterocycles. The third kappa shape index (κ3) is 5.49. The average Bonchev–Trinajstić information content (AvgIpc) is 2.24. The van der Waals surface area contributed by atoms with Crippen LogP contribution in [0.2, 0.25) is 0 Å². The summed E-state index contributed by atoms with van der Waals surface area (Å²) in [4.78, 5) is 22.7. The molecule has 0 aliphatic rings. The SMILES string of the molecule is CC(C)C(N)C(=O)NC(CC(=O)O)C(C)C(C)C. The second kappa shape index (κ2) is 7.36. The molecule has 0 aliphatic carbocycles. The second-order valence-electron chi connectivity index (χ2n) is 5.59. The predicted molar refractivity (Wildman–Crippen MR) is 71.0 cm³/mol. The summed E-state index contributed by atoms with van der Waals surface area (Å²) in [5.41, 5.74) is 5.76. The lowest BCUT2D eigenvalue weighted by molar-refractivity contribution is -0.138. The van der Waals surface area contributed by atoms with E-state index in [2.05, 4.69) is 5.32 Å². The lowest BCUT2D eigenvalue weighted by Gasteiger charge is -2.28. The van der Waals surface area contributed by atoms with Crippen molar-refractivity contribution < 1.29 is 14.7 Å². The second-order valence-corrected chi connectivity index (χ2v) is 5.59. The van der Waals surface area contributed by atoms with Crippen molar-refractivity contribution in [1.29, 1.82) is 0 Å². The number of carbonyl (C=O) groups is 2. The monoisotopic (exact) mass is 258 g/mol. The Morgan fingerprint density at radius 3 is 1.94 bits per heavy atom. The molecule has 0 radical (unpaired) electrons. The van der Waals surface area contributed by atoms with Crippen LogP contribution in [0.3, 0.4) is 0 Å². The summed E-state index contributed by atoms with van der Waals surface area (Å²) >= 11 is 0. The molecule has 0 aromatic rings. The third-order valence-electron chi connectivity index (χ3n) is 3.43. The minimum absolute atomic E-state index is 0.0323.